The van der Waals surface area contributed by atoms with Gasteiger partial charge < -0.3 is 0 Å². The molecule has 0 amide bonds. The quantitative estimate of drug-likeness (QED) is 0.764. The molecular formula is C17H20ClN. The number of hydrogen-bond acceptors (Lipinski definition) is 1. The van der Waals surface area contributed by atoms with Gasteiger partial charge in [-0.15, -0.1) is 0 Å². The largest absolute Gasteiger partial charge is 0.264 e. The lowest BCUT2D eigenvalue weighted by Crippen LogP contribution is -1.96. The predicted molar refractivity (Wildman–Crippen MR) is 81.8 cm³/mol. The van der Waals surface area contributed by atoms with Gasteiger partial charge in [0.1, 0.15) is 0 Å². The van der Waals surface area contributed by atoms with Crippen molar-refractivity contribution >= 4 is 11.6 Å². The van der Waals surface area contributed by atoms with Crippen molar-refractivity contribution in [3.63, 3.8) is 0 Å². The Balaban J connectivity index is 1.94. The fourth-order valence-corrected chi connectivity index (χ4v) is 2.50. The van der Waals surface area contributed by atoms with E-state index in [0.29, 0.717) is 0 Å². The number of rotatable bonds is 5. The van der Waals surface area contributed by atoms with Crippen LogP contribution in [0.1, 0.15) is 35.6 Å². The summed E-state index contributed by atoms with van der Waals surface area (Å²) in [5.74, 6) is 0. The summed E-state index contributed by atoms with van der Waals surface area (Å²) >= 11 is 6.15. The van der Waals surface area contributed by atoms with Gasteiger partial charge in [0.2, 0.25) is 0 Å². The molecule has 0 unspecified atom stereocenters. The minimum Gasteiger partial charge on any atom is -0.264 e. The van der Waals surface area contributed by atoms with Crippen LogP contribution in [-0.2, 0) is 19.3 Å². The normalized spacial score (nSPS) is 10.7. The fraction of sp³-hybridized carbons (Fsp3) is 0.353. The summed E-state index contributed by atoms with van der Waals surface area (Å²) in [5.41, 5.74) is 5.26. The van der Waals surface area contributed by atoms with Crippen molar-refractivity contribution in [1.29, 1.82) is 0 Å². The maximum Gasteiger partial charge on any atom is 0.0437 e. The van der Waals surface area contributed by atoms with Gasteiger partial charge in [0.25, 0.3) is 0 Å². The Morgan fingerprint density at radius 2 is 1.95 bits per heavy atom. The third-order valence-corrected chi connectivity index (χ3v) is 3.94. The van der Waals surface area contributed by atoms with Crippen LogP contribution in [0.4, 0.5) is 0 Å². The second-order valence-corrected chi connectivity index (χ2v) is 5.34. The molecule has 0 atom stereocenters. The third-order valence-electron chi connectivity index (χ3n) is 3.53. The second-order valence-electron chi connectivity index (χ2n) is 4.94. The molecule has 1 heterocycles. The summed E-state index contributed by atoms with van der Waals surface area (Å²) < 4.78 is 0. The Bertz CT molecular complexity index is 549. The van der Waals surface area contributed by atoms with Crippen molar-refractivity contribution in [3.05, 3.63) is 63.9 Å². The van der Waals surface area contributed by atoms with Gasteiger partial charge in [0.15, 0.2) is 0 Å². The van der Waals surface area contributed by atoms with E-state index in [2.05, 4.69) is 36.2 Å². The van der Waals surface area contributed by atoms with Crippen molar-refractivity contribution in [2.24, 2.45) is 0 Å². The second kappa shape index (κ2) is 6.72. The number of aryl methyl sites for hydroxylation is 4. The zero-order valence-corrected chi connectivity index (χ0v) is 12.4. The maximum atomic E-state index is 6.15. The summed E-state index contributed by atoms with van der Waals surface area (Å²) in [5, 5.41) is 0.871. The molecule has 2 heteroatoms. The van der Waals surface area contributed by atoms with Crippen LogP contribution in [0.25, 0.3) is 0 Å². The van der Waals surface area contributed by atoms with E-state index in [4.69, 9.17) is 11.6 Å². The highest BCUT2D eigenvalue weighted by Crippen LogP contribution is 2.18. The van der Waals surface area contributed by atoms with Crippen molar-refractivity contribution in [3.8, 4) is 0 Å². The van der Waals surface area contributed by atoms with E-state index in [0.717, 1.165) is 36.3 Å². The molecule has 0 radical (unpaired) electrons. The number of nitrogens with zero attached hydrogens (tertiary/aromatic N) is 1. The van der Waals surface area contributed by atoms with Gasteiger partial charge >= 0.3 is 0 Å². The minimum atomic E-state index is 0.871. The van der Waals surface area contributed by atoms with E-state index in [1.165, 1.54) is 16.7 Å². The van der Waals surface area contributed by atoms with Crippen LogP contribution in [0.15, 0.2) is 36.7 Å². The molecule has 2 aromatic rings. The summed E-state index contributed by atoms with van der Waals surface area (Å²) in [6, 6.07) is 8.50. The van der Waals surface area contributed by atoms with E-state index in [9.17, 15) is 0 Å². The van der Waals surface area contributed by atoms with E-state index < -0.39 is 0 Å². The first kappa shape index (κ1) is 14.1. The molecule has 0 bridgehead atoms. The fourth-order valence-electron chi connectivity index (χ4n) is 2.29. The smallest absolute Gasteiger partial charge is 0.0437 e. The first-order chi connectivity index (χ1) is 9.20. The Morgan fingerprint density at radius 1 is 1.11 bits per heavy atom. The molecule has 1 nitrogen and oxygen atoms in total. The molecule has 100 valence electrons. The Labute approximate surface area is 120 Å². The highest BCUT2D eigenvalue weighted by atomic mass is 35.5. The number of aromatic nitrogens is 1. The molecule has 0 saturated carbocycles. The lowest BCUT2D eigenvalue weighted by molar-refractivity contribution is 0.808. The highest BCUT2D eigenvalue weighted by Gasteiger charge is 2.02. The SMILES string of the molecule is CCc1cnccc1CCCc1ccc(C)c(Cl)c1. The van der Waals surface area contributed by atoms with Gasteiger partial charge in [0, 0.05) is 17.4 Å². The van der Waals surface area contributed by atoms with Crippen molar-refractivity contribution < 1.29 is 0 Å². The summed E-state index contributed by atoms with van der Waals surface area (Å²) in [4.78, 5) is 4.19. The molecule has 0 spiro atoms. The van der Waals surface area contributed by atoms with Gasteiger partial charge in [0.05, 0.1) is 0 Å². The van der Waals surface area contributed by atoms with Gasteiger partial charge in [-0.2, -0.15) is 0 Å². The minimum absolute atomic E-state index is 0.871. The van der Waals surface area contributed by atoms with Gasteiger partial charge in [-0.1, -0.05) is 30.7 Å². The van der Waals surface area contributed by atoms with E-state index in [-0.39, 0.29) is 0 Å². The van der Waals surface area contributed by atoms with Crippen LogP contribution in [0.3, 0.4) is 0 Å². The van der Waals surface area contributed by atoms with Crippen LogP contribution in [0.2, 0.25) is 5.02 Å². The average molecular weight is 274 g/mol. The number of hydrogen-bond donors (Lipinski definition) is 0. The molecule has 19 heavy (non-hydrogen) atoms. The summed E-state index contributed by atoms with van der Waals surface area (Å²) in [6.45, 7) is 4.22. The molecule has 0 aliphatic carbocycles. The monoisotopic (exact) mass is 273 g/mol. The lowest BCUT2D eigenvalue weighted by Gasteiger charge is -2.07. The molecule has 1 aromatic carbocycles. The van der Waals surface area contributed by atoms with Crippen molar-refractivity contribution in [2.75, 3.05) is 0 Å². The topological polar surface area (TPSA) is 12.9 Å². The number of pyridine rings is 1. The zero-order chi connectivity index (χ0) is 13.7. The zero-order valence-electron chi connectivity index (χ0n) is 11.6. The van der Waals surface area contributed by atoms with E-state index in [1.807, 2.05) is 19.3 Å². The first-order valence-corrected chi connectivity index (χ1v) is 7.25. The molecule has 1 aromatic heterocycles. The van der Waals surface area contributed by atoms with Crippen LogP contribution >= 0.6 is 11.6 Å². The van der Waals surface area contributed by atoms with Gasteiger partial charge in [-0.05, 0) is 67.0 Å². The van der Waals surface area contributed by atoms with Crippen molar-refractivity contribution in [1.82, 2.24) is 4.98 Å². The van der Waals surface area contributed by atoms with Crippen molar-refractivity contribution in [2.45, 2.75) is 39.5 Å². The predicted octanol–water partition coefficient (Wildman–Crippen LogP) is 4.78. The number of halogens is 1. The molecular weight excluding hydrogens is 254 g/mol. The molecule has 0 N–H and O–H groups in total. The van der Waals surface area contributed by atoms with Gasteiger partial charge in [-0.3, -0.25) is 4.98 Å². The third kappa shape index (κ3) is 3.81. The molecule has 0 fully saturated rings. The first-order valence-electron chi connectivity index (χ1n) is 6.87. The van der Waals surface area contributed by atoms with Crippen LogP contribution in [0.5, 0.6) is 0 Å². The highest BCUT2D eigenvalue weighted by molar-refractivity contribution is 6.31. The standard InChI is InChI=1S/C17H20ClN/c1-3-15-12-19-10-9-16(15)6-4-5-14-8-7-13(2)17(18)11-14/h7-12H,3-6H2,1-2H3. The Morgan fingerprint density at radius 3 is 2.68 bits per heavy atom. The van der Waals surface area contributed by atoms with E-state index in [1.54, 1.807) is 0 Å². The van der Waals surface area contributed by atoms with Crippen LogP contribution in [-0.4, -0.2) is 4.98 Å². The molecule has 0 aliphatic heterocycles. The summed E-state index contributed by atoms with van der Waals surface area (Å²) in [6.07, 6.45) is 8.26. The molecule has 0 aliphatic rings. The van der Waals surface area contributed by atoms with E-state index >= 15 is 0 Å². The average Bonchev–Trinajstić information content (AvgIpc) is 2.43. The Kier molecular flexibility index (Phi) is 4.98. The maximum absolute atomic E-state index is 6.15. The van der Waals surface area contributed by atoms with Gasteiger partial charge in [-0.25, -0.2) is 0 Å². The van der Waals surface area contributed by atoms with Crippen LogP contribution < -0.4 is 0 Å². The lowest BCUT2D eigenvalue weighted by atomic mass is 10.00. The number of benzene rings is 1. The summed E-state index contributed by atoms with van der Waals surface area (Å²) in [7, 11) is 0. The molecule has 2 rings (SSSR count). The van der Waals surface area contributed by atoms with Crippen LogP contribution in [0, 0.1) is 6.92 Å². The Hall–Kier alpha value is -1.34. The molecule has 0 saturated heterocycles.